The topological polar surface area (TPSA) is 87.1 Å². The zero-order chi connectivity index (χ0) is 19.8. The van der Waals surface area contributed by atoms with Crippen LogP contribution >= 0.6 is 0 Å². The minimum Gasteiger partial charge on any atom is -0.392 e. The number of aliphatic hydroxyl groups excluding tert-OH is 2. The van der Waals surface area contributed by atoms with E-state index in [0.29, 0.717) is 24.2 Å². The first-order valence-electron chi connectivity index (χ1n) is 10.0. The molecule has 1 aliphatic heterocycles. The molecule has 0 aromatic rings. The molecule has 6 atom stereocenters. The quantitative estimate of drug-likeness (QED) is 0.585. The van der Waals surface area contributed by atoms with Gasteiger partial charge in [0.25, 0.3) is 0 Å². The molecular formula is C22H30O5. The molecular weight excluding hydrogens is 344 g/mol. The largest absolute Gasteiger partial charge is 0.392 e. The summed E-state index contributed by atoms with van der Waals surface area (Å²) in [5.41, 5.74) is -0.0179. The lowest BCUT2D eigenvalue weighted by Gasteiger charge is -2.57. The predicted molar refractivity (Wildman–Crippen MR) is 99.9 cm³/mol. The number of ether oxygens (including phenoxy) is 1. The van der Waals surface area contributed by atoms with E-state index in [9.17, 15) is 19.8 Å². The molecule has 4 rings (SSSR count). The van der Waals surface area contributed by atoms with Gasteiger partial charge in [-0.05, 0) is 54.6 Å². The van der Waals surface area contributed by atoms with Gasteiger partial charge >= 0.3 is 0 Å². The van der Waals surface area contributed by atoms with Crippen molar-refractivity contribution in [3.05, 3.63) is 23.8 Å². The molecule has 5 heteroatoms. The Kier molecular flexibility index (Phi) is 4.12. The van der Waals surface area contributed by atoms with Crippen molar-refractivity contribution in [2.75, 3.05) is 6.61 Å². The van der Waals surface area contributed by atoms with Crippen LogP contribution in [0.25, 0.3) is 0 Å². The number of allylic oxidation sites excluding steroid dienone is 1. The number of epoxide rings is 1. The van der Waals surface area contributed by atoms with Crippen molar-refractivity contribution in [3.8, 4) is 0 Å². The third-order valence-electron chi connectivity index (χ3n) is 8.15. The second-order valence-electron chi connectivity index (χ2n) is 9.77. The molecule has 4 aliphatic rings. The molecule has 5 nitrogen and oxygen atoms in total. The number of aliphatic hydroxyl groups is 2. The molecule has 3 fully saturated rings. The van der Waals surface area contributed by atoms with Crippen molar-refractivity contribution < 1.29 is 24.5 Å². The summed E-state index contributed by atoms with van der Waals surface area (Å²) in [5.74, 6) is 0.498. The summed E-state index contributed by atoms with van der Waals surface area (Å²) < 4.78 is 5.80. The monoisotopic (exact) mass is 374 g/mol. The molecule has 148 valence electrons. The Bertz CT molecular complexity index is 750. The number of fused-ring (bicyclic) bond motifs is 2. The Balaban J connectivity index is 1.66. The van der Waals surface area contributed by atoms with Crippen LogP contribution < -0.4 is 0 Å². The fourth-order valence-corrected chi connectivity index (χ4v) is 6.34. The van der Waals surface area contributed by atoms with Gasteiger partial charge in [-0.2, -0.15) is 0 Å². The number of ketones is 2. The highest BCUT2D eigenvalue weighted by Gasteiger charge is 2.69. The Morgan fingerprint density at radius 3 is 2.63 bits per heavy atom. The van der Waals surface area contributed by atoms with Crippen LogP contribution in [0.3, 0.4) is 0 Å². The summed E-state index contributed by atoms with van der Waals surface area (Å²) in [5, 5.41) is 19.8. The van der Waals surface area contributed by atoms with E-state index in [1.54, 1.807) is 0 Å². The Morgan fingerprint density at radius 2 is 1.96 bits per heavy atom. The number of rotatable bonds is 3. The number of carbonyl (C=O) groups is 2. The maximum atomic E-state index is 12.8. The highest BCUT2D eigenvalue weighted by Crippen LogP contribution is 2.63. The van der Waals surface area contributed by atoms with Crippen LogP contribution in [0.2, 0.25) is 0 Å². The first-order valence-corrected chi connectivity index (χ1v) is 10.0. The third kappa shape index (κ3) is 2.48. The van der Waals surface area contributed by atoms with Crippen LogP contribution in [0.4, 0.5) is 0 Å². The molecule has 0 unspecified atom stereocenters. The number of hydrogen-bond donors (Lipinski definition) is 2. The van der Waals surface area contributed by atoms with Gasteiger partial charge in [-0.3, -0.25) is 9.59 Å². The predicted octanol–water partition coefficient (Wildman–Crippen LogP) is 2.35. The van der Waals surface area contributed by atoms with Gasteiger partial charge in [0, 0.05) is 11.8 Å². The van der Waals surface area contributed by atoms with E-state index in [1.807, 2.05) is 0 Å². The highest BCUT2D eigenvalue weighted by atomic mass is 16.6. The van der Waals surface area contributed by atoms with Crippen LogP contribution in [0.5, 0.6) is 0 Å². The Hall–Kier alpha value is -1.30. The van der Waals surface area contributed by atoms with E-state index >= 15 is 0 Å². The molecule has 1 saturated heterocycles. The normalized spacial score (nSPS) is 45.8. The number of Topliss-reactive ketones (excluding diaryl/α,β-unsaturated/α-hetero) is 1. The molecule has 0 amide bonds. The summed E-state index contributed by atoms with van der Waals surface area (Å²) in [6.07, 6.45) is 3.52. The average molecular weight is 374 g/mol. The van der Waals surface area contributed by atoms with Gasteiger partial charge in [0.15, 0.2) is 11.4 Å². The third-order valence-corrected chi connectivity index (χ3v) is 8.15. The van der Waals surface area contributed by atoms with E-state index in [2.05, 4.69) is 27.4 Å². The summed E-state index contributed by atoms with van der Waals surface area (Å²) in [6, 6.07) is 0. The van der Waals surface area contributed by atoms with Gasteiger partial charge in [0.2, 0.25) is 0 Å². The van der Waals surface area contributed by atoms with Crippen molar-refractivity contribution in [2.45, 2.75) is 70.7 Å². The SMILES string of the molecule is C=C1CC[C@H]2C(C)(C)C(=O)CC[C@]2(C)[C@H]1C[C@@]12O[C@@H]1[C@H](O)C(CO)=CC2=O. The first-order chi connectivity index (χ1) is 12.6. The summed E-state index contributed by atoms with van der Waals surface area (Å²) >= 11 is 0. The fraction of sp³-hybridized carbons (Fsp3) is 0.727. The van der Waals surface area contributed by atoms with E-state index in [-0.39, 0.29) is 35.1 Å². The molecule has 0 bridgehead atoms. The molecule has 3 aliphatic carbocycles. The summed E-state index contributed by atoms with van der Waals surface area (Å²) in [7, 11) is 0. The van der Waals surface area contributed by atoms with Crippen molar-refractivity contribution >= 4 is 11.6 Å². The zero-order valence-corrected chi connectivity index (χ0v) is 16.5. The van der Waals surface area contributed by atoms with E-state index in [0.717, 1.165) is 24.8 Å². The van der Waals surface area contributed by atoms with Crippen LogP contribution in [-0.4, -0.2) is 46.2 Å². The summed E-state index contributed by atoms with van der Waals surface area (Å²) in [6.45, 7) is 10.3. The second kappa shape index (κ2) is 5.85. The van der Waals surface area contributed by atoms with Crippen LogP contribution in [0, 0.1) is 22.7 Å². The van der Waals surface area contributed by atoms with Gasteiger partial charge in [0.05, 0.1) is 6.61 Å². The molecule has 0 aromatic carbocycles. The van der Waals surface area contributed by atoms with Crippen LogP contribution in [0.15, 0.2) is 23.8 Å². The van der Waals surface area contributed by atoms with Gasteiger partial charge in [0.1, 0.15) is 18.0 Å². The Labute approximate surface area is 160 Å². The van der Waals surface area contributed by atoms with Crippen molar-refractivity contribution in [1.82, 2.24) is 0 Å². The summed E-state index contributed by atoms with van der Waals surface area (Å²) in [4.78, 5) is 25.4. The maximum absolute atomic E-state index is 12.8. The Morgan fingerprint density at radius 1 is 1.26 bits per heavy atom. The zero-order valence-electron chi connectivity index (χ0n) is 16.5. The minimum atomic E-state index is -0.998. The average Bonchev–Trinajstić information content (AvgIpc) is 3.35. The first kappa shape index (κ1) is 19.0. The van der Waals surface area contributed by atoms with Crippen molar-refractivity contribution in [2.24, 2.45) is 22.7 Å². The molecule has 0 spiro atoms. The smallest absolute Gasteiger partial charge is 0.190 e. The maximum Gasteiger partial charge on any atom is 0.190 e. The molecule has 2 N–H and O–H groups in total. The molecule has 1 heterocycles. The van der Waals surface area contributed by atoms with E-state index in [4.69, 9.17) is 4.74 Å². The number of carbonyl (C=O) groups excluding carboxylic acids is 2. The lowest BCUT2D eigenvalue weighted by molar-refractivity contribution is -0.145. The van der Waals surface area contributed by atoms with Gasteiger partial charge < -0.3 is 14.9 Å². The lowest BCUT2D eigenvalue weighted by Crippen LogP contribution is -2.54. The van der Waals surface area contributed by atoms with Crippen molar-refractivity contribution in [1.29, 1.82) is 0 Å². The van der Waals surface area contributed by atoms with E-state index < -0.39 is 17.8 Å². The molecule has 0 aromatic heterocycles. The van der Waals surface area contributed by atoms with Crippen LogP contribution in [0.1, 0.15) is 52.9 Å². The molecule has 2 saturated carbocycles. The van der Waals surface area contributed by atoms with Gasteiger partial charge in [-0.1, -0.05) is 32.9 Å². The lowest BCUT2D eigenvalue weighted by atomic mass is 9.46. The number of hydrogen-bond acceptors (Lipinski definition) is 5. The molecule has 0 radical (unpaired) electrons. The van der Waals surface area contributed by atoms with Gasteiger partial charge in [-0.25, -0.2) is 0 Å². The second-order valence-corrected chi connectivity index (χ2v) is 9.77. The highest BCUT2D eigenvalue weighted by molar-refractivity contribution is 6.02. The van der Waals surface area contributed by atoms with E-state index in [1.165, 1.54) is 6.08 Å². The van der Waals surface area contributed by atoms with Gasteiger partial charge in [-0.15, -0.1) is 0 Å². The van der Waals surface area contributed by atoms with Crippen molar-refractivity contribution in [3.63, 3.8) is 0 Å². The van der Waals surface area contributed by atoms with Crippen LogP contribution in [-0.2, 0) is 14.3 Å². The molecule has 27 heavy (non-hydrogen) atoms. The minimum absolute atomic E-state index is 0.0776. The standard InChI is InChI=1S/C22H30O5/c1-12-5-6-15-20(2,3)16(24)7-8-21(15,4)14(12)10-22-17(25)9-13(11-23)18(26)19(22)27-22/h9,14-15,18-19,23,26H,1,5-8,10-11H2,2-4H3/t14-,15-,18+,19+,21+,22-/m0/s1. The fourth-order valence-electron chi connectivity index (χ4n) is 6.34.